The van der Waals surface area contributed by atoms with Gasteiger partial charge in [-0.05, 0) is 31.9 Å². The molecule has 0 aliphatic carbocycles. The van der Waals surface area contributed by atoms with Crippen LogP contribution in [0.15, 0.2) is 24.3 Å². The number of rotatable bonds is 2. The van der Waals surface area contributed by atoms with Crippen LogP contribution in [0.3, 0.4) is 0 Å². The molecule has 0 N–H and O–H groups in total. The van der Waals surface area contributed by atoms with Gasteiger partial charge in [0.05, 0.1) is 0 Å². The smallest absolute Gasteiger partial charge is 0.226 e. The number of anilines is 1. The van der Waals surface area contributed by atoms with Crippen LogP contribution in [0.25, 0.3) is 0 Å². The minimum atomic E-state index is -0.125. The van der Waals surface area contributed by atoms with Crippen molar-refractivity contribution in [2.45, 2.75) is 26.2 Å². The predicted octanol–water partition coefficient (Wildman–Crippen LogP) is 1.90. The third-order valence-corrected chi connectivity index (χ3v) is 5.22. The zero-order valence-corrected chi connectivity index (χ0v) is 14.7. The van der Waals surface area contributed by atoms with Crippen LogP contribution in [0.1, 0.15) is 24.8 Å². The Morgan fingerprint density at radius 3 is 2.50 bits per heavy atom. The average molecular weight is 329 g/mol. The third kappa shape index (κ3) is 3.71. The zero-order valence-electron chi connectivity index (χ0n) is 14.7. The van der Waals surface area contributed by atoms with Crippen molar-refractivity contribution >= 4 is 17.5 Å². The third-order valence-electron chi connectivity index (χ3n) is 5.22. The van der Waals surface area contributed by atoms with Gasteiger partial charge in [-0.15, -0.1) is 0 Å². The second-order valence-electron chi connectivity index (χ2n) is 7.01. The standard InChI is InChI=1S/C19H27N3O2/c1-15-4-6-17(7-5-15)21-9-3-10-22(13-12-21)19(24)16-8-11-20(2)18(23)14-16/h4-7,16H,3,8-14H2,1-2H3. The monoisotopic (exact) mass is 329 g/mol. The molecule has 0 aromatic heterocycles. The van der Waals surface area contributed by atoms with Gasteiger partial charge in [-0.2, -0.15) is 0 Å². The topological polar surface area (TPSA) is 43.9 Å². The van der Waals surface area contributed by atoms with Gasteiger partial charge in [0.1, 0.15) is 0 Å². The molecule has 130 valence electrons. The number of hydrogen-bond donors (Lipinski definition) is 0. The lowest BCUT2D eigenvalue weighted by atomic mass is 9.95. The van der Waals surface area contributed by atoms with Crippen molar-refractivity contribution in [2.24, 2.45) is 5.92 Å². The van der Waals surface area contributed by atoms with Gasteiger partial charge >= 0.3 is 0 Å². The summed E-state index contributed by atoms with van der Waals surface area (Å²) in [5.41, 5.74) is 2.49. The molecule has 5 heteroatoms. The molecule has 1 aromatic carbocycles. The van der Waals surface area contributed by atoms with E-state index in [0.29, 0.717) is 13.0 Å². The van der Waals surface area contributed by atoms with E-state index in [2.05, 4.69) is 36.1 Å². The van der Waals surface area contributed by atoms with Crippen LogP contribution < -0.4 is 4.90 Å². The number of piperidine rings is 1. The van der Waals surface area contributed by atoms with Crippen molar-refractivity contribution in [1.29, 1.82) is 0 Å². The van der Waals surface area contributed by atoms with E-state index < -0.39 is 0 Å². The van der Waals surface area contributed by atoms with Crippen molar-refractivity contribution in [1.82, 2.24) is 9.80 Å². The summed E-state index contributed by atoms with van der Waals surface area (Å²) in [6, 6.07) is 8.57. The van der Waals surface area contributed by atoms with Crippen LogP contribution in [-0.4, -0.2) is 61.4 Å². The van der Waals surface area contributed by atoms with E-state index in [4.69, 9.17) is 0 Å². The summed E-state index contributed by atoms with van der Waals surface area (Å²) < 4.78 is 0. The molecule has 1 atom stereocenters. The quantitative estimate of drug-likeness (QED) is 0.832. The van der Waals surface area contributed by atoms with Gasteiger partial charge in [0, 0.05) is 57.8 Å². The lowest BCUT2D eigenvalue weighted by Gasteiger charge is -2.31. The fourth-order valence-electron chi connectivity index (χ4n) is 3.56. The van der Waals surface area contributed by atoms with Crippen LogP contribution in [0.5, 0.6) is 0 Å². The summed E-state index contributed by atoms with van der Waals surface area (Å²) in [5, 5.41) is 0. The van der Waals surface area contributed by atoms with Crippen LogP contribution >= 0.6 is 0 Å². The predicted molar refractivity (Wildman–Crippen MR) is 95.0 cm³/mol. The molecule has 2 heterocycles. The molecule has 2 aliphatic heterocycles. The maximum Gasteiger partial charge on any atom is 0.226 e. The average Bonchev–Trinajstić information content (AvgIpc) is 2.83. The number of hydrogen-bond acceptors (Lipinski definition) is 3. The van der Waals surface area contributed by atoms with Gasteiger partial charge in [-0.25, -0.2) is 0 Å². The van der Waals surface area contributed by atoms with Gasteiger partial charge in [-0.3, -0.25) is 9.59 Å². The molecule has 2 aliphatic rings. The Balaban J connectivity index is 1.60. The van der Waals surface area contributed by atoms with Gasteiger partial charge in [-0.1, -0.05) is 17.7 Å². The van der Waals surface area contributed by atoms with Crippen molar-refractivity contribution < 1.29 is 9.59 Å². The molecule has 2 fully saturated rings. The Bertz CT molecular complexity index is 599. The second-order valence-corrected chi connectivity index (χ2v) is 7.01. The maximum absolute atomic E-state index is 12.8. The van der Waals surface area contributed by atoms with Crippen molar-refractivity contribution in [3.8, 4) is 0 Å². The highest BCUT2D eigenvalue weighted by Gasteiger charge is 2.32. The fourth-order valence-corrected chi connectivity index (χ4v) is 3.56. The fraction of sp³-hybridized carbons (Fsp3) is 0.579. The first kappa shape index (κ1) is 16.8. The molecule has 0 radical (unpaired) electrons. The molecule has 0 spiro atoms. The van der Waals surface area contributed by atoms with Gasteiger partial charge in [0.25, 0.3) is 0 Å². The molecule has 3 rings (SSSR count). The molecule has 24 heavy (non-hydrogen) atoms. The summed E-state index contributed by atoms with van der Waals surface area (Å²) in [6.45, 7) is 6.15. The largest absolute Gasteiger partial charge is 0.370 e. The summed E-state index contributed by atoms with van der Waals surface area (Å²) in [5.74, 6) is 0.137. The lowest BCUT2D eigenvalue weighted by molar-refractivity contribution is -0.144. The number of carbonyl (C=O) groups is 2. The van der Waals surface area contributed by atoms with E-state index in [9.17, 15) is 9.59 Å². The molecule has 5 nitrogen and oxygen atoms in total. The number of amides is 2. The van der Waals surface area contributed by atoms with Crippen LogP contribution in [0.2, 0.25) is 0 Å². The van der Waals surface area contributed by atoms with Crippen LogP contribution in [-0.2, 0) is 9.59 Å². The highest BCUT2D eigenvalue weighted by molar-refractivity contribution is 5.87. The first-order chi connectivity index (χ1) is 11.5. The van der Waals surface area contributed by atoms with Crippen LogP contribution in [0.4, 0.5) is 5.69 Å². The molecule has 0 saturated carbocycles. The number of aryl methyl sites for hydroxylation is 1. The molecule has 1 aromatic rings. The highest BCUT2D eigenvalue weighted by Crippen LogP contribution is 2.22. The molecule has 0 bridgehead atoms. The normalized spacial score (nSPS) is 22.5. The Labute approximate surface area is 144 Å². The minimum absolute atomic E-state index is 0.0932. The minimum Gasteiger partial charge on any atom is -0.370 e. The number of benzene rings is 1. The molecular formula is C19H27N3O2. The second kappa shape index (κ2) is 7.24. The van der Waals surface area contributed by atoms with E-state index in [1.807, 2.05) is 11.9 Å². The van der Waals surface area contributed by atoms with Crippen molar-refractivity contribution in [2.75, 3.05) is 44.7 Å². The number of nitrogens with zero attached hydrogens (tertiary/aromatic N) is 3. The van der Waals surface area contributed by atoms with Crippen LogP contribution in [0, 0.1) is 12.8 Å². The van der Waals surface area contributed by atoms with Gasteiger partial charge < -0.3 is 14.7 Å². The number of likely N-dealkylation sites (tertiary alicyclic amines) is 1. The molecular weight excluding hydrogens is 302 g/mol. The van der Waals surface area contributed by atoms with Crippen molar-refractivity contribution in [3.63, 3.8) is 0 Å². The summed E-state index contributed by atoms with van der Waals surface area (Å²) in [6.07, 6.45) is 2.13. The Morgan fingerprint density at radius 2 is 1.79 bits per heavy atom. The highest BCUT2D eigenvalue weighted by atomic mass is 16.2. The van der Waals surface area contributed by atoms with E-state index in [1.54, 1.807) is 4.90 Å². The van der Waals surface area contributed by atoms with Crippen molar-refractivity contribution in [3.05, 3.63) is 29.8 Å². The summed E-state index contributed by atoms with van der Waals surface area (Å²) >= 11 is 0. The first-order valence-corrected chi connectivity index (χ1v) is 8.89. The Kier molecular flexibility index (Phi) is 5.07. The van der Waals surface area contributed by atoms with E-state index >= 15 is 0 Å². The summed E-state index contributed by atoms with van der Waals surface area (Å²) in [4.78, 5) is 30.7. The molecule has 2 saturated heterocycles. The lowest BCUT2D eigenvalue weighted by Crippen LogP contribution is -2.44. The van der Waals surface area contributed by atoms with Gasteiger partial charge in [0.2, 0.25) is 11.8 Å². The summed E-state index contributed by atoms with van der Waals surface area (Å²) in [7, 11) is 1.81. The Hall–Kier alpha value is -2.04. The Morgan fingerprint density at radius 1 is 1.04 bits per heavy atom. The number of carbonyl (C=O) groups excluding carboxylic acids is 2. The maximum atomic E-state index is 12.8. The zero-order chi connectivity index (χ0) is 17.1. The SMILES string of the molecule is Cc1ccc(N2CCCN(C(=O)C3CCN(C)C(=O)C3)CC2)cc1. The van der Waals surface area contributed by atoms with E-state index in [1.165, 1.54) is 11.3 Å². The van der Waals surface area contributed by atoms with Gasteiger partial charge in [0.15, 0.2) is 0 Å². The van der Waals surface area contributed by atoms with E-state index in [0.717, 1.165) is 39.0 Å². The van der Waals surface area contributed by atoms with E-state index in [-0.39, 0.29) is 17.7 Å². The molecule has 1 unspecified atom stereocenters. The molecule has 2 amide bonds. The first-order valence-electron chi connectivity index (χ1n) is 8.89.